The highest BCUT2D eigenvalue weighted by molar-refractivity contribution is 7.92. The van der Waals surface area contributed by atoms with Crippen LogP contribution in [-0.4, -0.2) is 48.7 Å². The molecule has 244 valence electrons. The lowest BCUT2D eigenvalue weighted by molar-refractivity contribution is -0.384. The first kappa shape index (κ1) is 33.3. The number of nitrogens with zero attached hydrogens (tertiary/aromatic N) is 3. The summed E-state index contributed by atoms with van der Waals surface area (Å²) in [5, 5.41) is 14.8. The van der Waals surface area contributed by atoms with Crippen LogP contribution in [0.1, 0.15) is 42.4 Å². The molecule has 0 heterocycles. The Labute approximate surface area is 275 Å². The summed E-state index contributed by atoms with van der Waals surface area (Å²) in [7, 11) is -4.37. The standard InChI is InChI=1S/C36H38N4O6S/c1-27-13-8-9-16-29(27)25-38(34(23-28-14-4-2-5-15-28)36(42)37-30-17-10-11-18-30)35(41)26-39(31-19-12-20-32(24-31)40(43)44)47(45,46)33-21-6-3-7-22-33/h2-9,12-16,19-22,24,30,34H,10-11,17-18,23,25-26H2,1H3,(H,37,42)/t34-/m1/s1. The van der Waals surface area contributed by atoms with Crippen molar-refractivity contribution in [1.29, 1.82) is 0 Å². The second-order valence-electron chi connectivity index (χ2n) is 11.7. The van der Waals surface area contributed by atoms with Crippen molar-refractivity contribution >= 4 is 33.2 Å². The number of carbonyl (C=O) groups is 2. The fourth-order valence-corrected chi connectivity index (χ4v) is 7.33. The zero-order chi connectivity index (χ0) is 33.4. The highest BCUT2D eigenvalue weighted by Gasteiger charge is 2.36. The number of aryl methyl sites for hydroxylation is 1. The Kier molecular flexibility index (Phi) is 10.7. The molecule has 1 saturated carbocycles. The molecule has 0 bridgehead atoms. The number of nitro groups is 1. The predicted molar refractivity (Wildman–Crippen MR) is 180 cm³/mol. The van der Waals surface area contributed by atoms with Gasteiger partial charge in [0.25, 0.3) is 15.7 Å². The molecule has 4 aromatic carbocycles. The summed E-state index contributed by atoms with van der Waals surface area (Å²) >= 11 is 0. The zero-order valence-electron chi connectivity index (χ0n) is 26.2. The van der Waals surface area contributed by atoms with Crippen LogP contribution in [0.4, 0.5) is 11.4 Å². The largest absolute Gasteiger partial charge is 0.352 e. The summed E-state index contributed by atoms with van der Waals surface area (Å²) < 4.78 is 29.1. The normalized spacial score (nSPS) is 13.9. The number of sulfonamides is 1. The fourth-order valence-electron chi connectivity index (χ4n) is 5.90. The van der Waals surface area contributed by atoms with Gasteiger partial charge in [0, 0.05) is 31.1 Å². The zero-order valence-corrected chi connectivity index (χ0v) is 27.0. The molecule has 0 saturated heterocycles. The molecule has 2 amide bonds. The average Bonchev–Trinajstić information content (AvgIpc) is 3.59. The number of carbonyl (C=O) groups excluding carboxylic acids is 2. The average molecular weight is 655 g/mol. The Balaban J connectivity index is 1.59. The highest BCUT2D eigenvalue weighted by Crippen LogP contribution is 2.28. The highest BCUT2D eigenvalue weighted by atomic mass is 32.2. The minimum absolute atomic E-state index is 0.00369. The first-order valence-corrected chi connectivity index (χ1v) is 17.1. The van der Waals surface area contributed by atoms with Crippen molar-refractivity contribution in [2.45, 2.75) is 62.6 Å². The van der Waals surface area contributed by atoms with Gasteiger partial charge in [-0.25, -0.2) is 8.42 Å². The van der Waals surface area contributed by atoms with E-state index in [-0.39, 0.29) is 41.2 Å². The maximum Gasteiger partial charge on any atom is 0.271 e. The van der Waals surface area contributed by atoms with Gasteiger partial charge in [-0.2, -0.15) is 0 Å². The third-order valence-electron chi connectivity index (χ3n) is 8.51. The number of amides is 2. The molecule has 11 heteroatoms. The quantitative estimate of drug-likeness (QED) is 0.143. The Morgan fingerprint density at radius 2 is 1.53 bits per heavy atom. The van der Waals surface area contributed by atoms with Crippen molar-refractivity contribution in [2.75, 3.05) is 10.8 Å². The van der Waals surface area contributed by atoms with Gasteiger partial charge in [0.05, 0.1) is 15.5 Å². The number of anilines is 1. The number of benzene rings is 4. The number of non-ortho nitro benzene ring substituents is 1. The second-order valence-corrected chi connectivity index (χ2v) is 13.6. The van der Waals surface area contributed by atoms with Gasteiger partial charge in [0.1, 0.15) is 12.6 Å². The Morgan fingerprint density at radius 1 is 0.894 bits per heavy atom. The predicted octanol–water partition coefficient (Wildman–Crippen LogP) is 5.80. The number of hydrogen-bond donors (Lipinski definition) is 1. The van der Waals surface area contributed by atoms with E-state index in [1.165, 1.54) is 35.2 Å². The van der Waals surface area contributed by atoms with E-state index in [1.54, 1.807) is 18.2 Å². The summed E-state index contributed by atoms with van der Waals surface area (Å²) in [6, 6.07) is 28.7. The van der Waals surface area contributed by atoms with E-state index < -0.39 is 33.4 Å². The van der Waals surface area contributed by atoms with Crippen molar-refractivity contribution in [2.24, 2.45) is 0 Å². The van der Waals surface area contributed by atoms with E-state index in [1.807, 2.05) is 61.5 Å². The van der Waals surface area contributed by atoms with Gasteiger partial charge in [-0.15, -0.1) is 0 Å². The Hall–Kier alpha value is -5.03. The van der Waals surface area contributed by atoms with E-state index >= 15 is 0 Å². The van der Waals surface area contributed by atoms with Crippen LogP contribution < -0.4 is 9.62 Å². The van der Waals surface area contributed by atoms with Gasteiger partial charge in [-0.1, -0.05) is 91.7 Å². The summed E-state index contributed by atoms with van der Waals surface area (Å²) in [4.78, 5) is 41.1. The summed E-state index contributed by atoms with van der Waals surface area (Å²) in [6.07, 6.45) is 3.93. The van der Waals surface area contributed by atoms with Crippen LogP contribution >= 0.6 is 0 Å². The molecule has 4 aromatic rings. The summed E-state index contributed by atoms with van der Waals surface area (Å²) in [5.74, 6) is -0.933. The SMILES string of the molecule is Cc1ccccc1CN(C(=O)CN(c1cccc([N+](=O)[O-])c1)S(=O)(=O)c1ccccc1)[C@H](Cc1ccccc1)C(=O)NC1CCCC1. The molecule has 1 atom stereocenters. The molecule has 1 aliphatic carbocycles. The molecule has 1 N–H and O–H groups in total. The molecule has 1 aliphatic rings. The van der Waals surface area contributed by atoms with Crippen LogP contribution in [0.5, 0.6) is 0 Å². The van der Waals surface area contributed by atoms with Crippen LogP contribution in [0.2, 0.25) is 0 Å². The number of rotatable bonds is 13. The molecule has 1 fully saturated rings. The summed E-state index contributed by atoms with van der Waals surface area (Å²) in [6.45, 7) is 1.28. The van der Waals surface area contributed by atoms with Crippen molar-refractivity contribution in [1.82, 2.24) is 10.2 Å². The van der Waals surface area contributed by atoms with Gasteiger partial charge in [0.15, 0.2) is 0 Å². The monoisotopic (exact) mass is 654 g/mol. The Bertz CT molecular complexity index is 1810. The van der Waals surface area contributed by atoms with Gasteiger partial charge in [-0.05, 0) is 54.7 Å². The molecular formula is C36H38N4O6S. The van der Waals surface area contributed by atoms with Crippen LogP contribution in [0.3, 0.4) is 0 Å². The third-order valence-corrected chi connectivity index (χ3v) is 10.3. The van der Waals surface area contributed by atoms with Crippen molar-refractivity contribution < 1.29 is 22.9 Å². The molecule has 10 nitrogen and oxygen atoms in total. The molecule has 47 heavy (non-hydrogen) atoms. The lowest BCUT2D eigenvalue weighted by atomic mass is 10.0. The molecule has 0 spiro atoms. The number of nitrogens with one attached hydrogen (secondary N) is 1. The molecular weight excluding hydrogens is 616 g/mol. The Morgan fingerprint density at radius 3 is 2.19 bits per heavy atom. The first-order chi connectivity index (χ1) is 22.6. The minimum atomic E-state index is -4.37. The second kappa shape index (κ2) is 15.0. The van der Waals surface area contributed by atoms with E-state index in [0.29, 0.717) is 0 Å². The van der Waals surface area contributed by atoms with Crippen LogP contribution in [-0.2, 0) is 32.6 Å². The maximum absolute atomic E-state index is 14.6. The van der Waals surface area contributed by atoms with E-state index in [2.05, 4.69) is 5.32 Å². The van der Waals surface area contributed by atoms with Crippen molar-refractivity contribution in [3.63, 3.8) is 0 Å². The van der Waals surface area contributed by atoms with E-state index in [0.717, 1.165) is 52.7 Å². The topological polar surface area (TPSA) is 130 Å². The number of nitro benzene ring substituents is 1. The third kappa shape index (κ3) is 8.23. The molecule has 0 radical (unpaired) electrons. The smallest absolute Gasteiger partial charge is 0.271 e. The first-order valence-electron chi connectivity index (χ1n) is 15.6. The molecule has 0 aromatic heterocycles. The van der Waals surface area contributed by atoms with Crippen molar-refractivity contribution in [3.05, 3.63) is 136 Å². The molecule has 0 aliphatic heterocycles. The van der Waals surface area contributed by atoms with Crippen LogP contribution in [0, 0.1) is 17.0 Å². The van der Waals surface area contributed by atoms with Crippen molar-refractivity contribution in [3.8, 4) is 0 Å². The van der Waals surface area contributed by atoms with E-state index in [4.69, 9.17) is 0 Å². The minimum Gasteiger partial charge on any atom is -0.352 e. The molecule has 5 rings (SSSR count). The number of hydrogen-bond acceptors (Lipinski definition) is 6. The van der Waals surface area contributed by atoms with Gasteiger partial charge in [0.2, 0.25) is 11.8 Å². The fraction of sp³-hybridized carbons (Fsp3) is 0.278. The maximum atomic E-state index is 14.6. The lowest BCUT2D eigenvalue weighted by Gasteiger charge is -2.34. The van der Waals surface area contributed by atoms with Gasteiger partial charge < -0.3 is 10.2 Å². The lowest BCUT2D eigenvalue weighted by Crippen LogP contribution is -2.54. The van der Waals surface area contributed by atoms with Crippen LogP contribution in [0.25, 0.3) is 0 Å². The molecule has 0 unspecified atom stereocenters. The van der Waals surface area contributed by atoms with Gasteiger partial charge in [-0.3, -0.25) is 24.0 Å². The van der Waals surface area contributed by atoms with E-state index in [9.17, 15) is 28.1 Å². The van der Waals surface area contributed by atoms with Gasteiger partial charge >= 0.3 is 0 Å². The summed E-state index contributed by atoms with van der Waals surface area (Å²) in [5.41, 5.74) is 2.20. The van der Waals surface area contributed by atoms with Crippen LogP contribution in [0.15, 0.2) is 114 Å².